The summed E-state index contributed by atoms with van der Waals surface area (Å²) in [6.45, 7) is 0. The monoisotopic (exact) mass is 442 g/mol. The van der Waals surface area contributed by atoms with E-state index in [1.165, 1.54) is 26.4 Å². The van der Waals surface area contributed by atoms with Crippen molar-refractivity contribution in [3.8, 4) is 11.5 Å². The van der Waals surface area contributed by atoms with E-state index in [1.54, 1.807) is 24.3 Å². The van der Waals surface area contributed by atoms with Crippen molar-refractivity contribution in [2.75, 3.05) is 14.2 Å². The van der Waals surface area contributed by atoms with Crippen molar-refractivity contribution in [2.45, 2.75) is 0 Å². The van der Waals surface area contributed by atoms with Crippen molar-refractivity contribution >= 4 is 43.8 Å². The fraction of sp³-hybridized carbons (Fsp3) is 0.125. The van der Waals surface area contributed by atoms with Crippen LogP contribution < -0.4 is 9.47 Å². The third-order valence-corrected chi connectivity index (χ3v) is 4.05. The Morgan fingerprint density at radius 3 is 2.22 bits per heavy atom. The Hall–Kier alpha value is -1.86. The Morgan fingerprint density at radius 2 is 1.61 bits per heavy atom. The number of methoxy groups -OCH3 is 2. The molecule has 0 aliphatic rings. The standard InChI is InChI=1S/C16H12Br2O5/c1-21-14-5-3-9(7-12(14)18)15(19)23-13-6-4-10(17)8-11(13)16(20)22-2/h3-8H,1-2H3. The van der Waals surface area contributed by atoms with E-state index in [9.17, 15) is 9.59 Å². The molecule has 0 saturated carbocycles. The maximum Gasteiger partial charge on any atom is 0.343 e. The zero-order chi connectivity index (χ0) is 17.0. The van der Waals surface area contributed by atoms with Crippen LogP contribution in [0.3, 0.4) is 0 Å². The van der Waals surface area contributed by atoms with Crippen LogP contribution in [-0.2, 0) is 4.74 Å². The largest absolute Gasteiger partial charge is 0.496 e. The highest BCUT2D eigenvalue weighted by molar-refractivity contribution is 9.10. The summed E-state index contributed by atoms with van der Waals surface area (Å²) in [5.74, 6) is -0.469. The van der Waals surface area contributed by atoms with Gasteiger partial charge >= 0.3 is 11.9 Å². The third kappa shape index (κ3) is 4.11. The van der Waals surface area contributed by atoms with Gasteiger partial charge in [0.05, 0.1) is 24.3 Å². The van der Waals surface area contributed by atoms with E-state index in [0.717, 1.165) is 0 Å². The number of ether oxygens (including phenoxy) is 3. The summed E-state index contributed by atoms with van der Waals surface area (Å²) in [6.07, 6.45) is 0. The van der Waals surface area contributed by atoms with Gasteiger partial charge < -0.3 is 14.2 Å². The van der Waals surface area contributed by atoms with Crippen molar-refractivity contribution in [3.05, 3.63) is 56.5 Å². The van der Waals surface area contributed by atoms with Crippen LogP contribution in [-0.4, -0.2) is 26.2 Å². The van der Waals surface area contributed by atoms with E-state index < -0.39 is 11.9 Å². The van der Waals surface area contributed by atoms with E-state index in [0.29, 0.717) is 20.3 Å². The van der Waals surface area contributed by atoms with Crippen LogP contribution in [0.25, 0.3) is 0 Å². The molecule has 0 bridgehead atoms. The Balaban J connectivity index is 2.30. The molecule has 0 heterocycles. The van der Waals surface area contributed by atoms with Gasteiger partial charge in [-0.15, -0.1) is 0 Å². The topological polar surface area (TPSA) is 61.8 Å². The third-order valence-electron chi connectivity index (χ3n) is 2.94. The molecule has 0 aliphatic carbocycles. The number of hydrogen-bond acceptors (Lipinski definition) is 5. The number of esters is 2. The lowest BCUT2D eigenvalue weighted by atomic mass is 10.2. The fourth-order valence-corrected chi connectivity index (χ4v) is 2.71. The molecule has 23 heavy (non-hydrogen) atoms. The zero-order valence-corrected chi connectivity index (χ0v) is 15.4. The molecule has 0 aliphatic heterocycles. The minimum absolute atomic E-state index is 0.122. The van der Waals surface area contributed by atoms with Gasteiger partial charge in [0.1, 0.15) is 17.1 Å². The van der Waals surface area contributed by atoms with E-state index in [-0.39, 0.29) is 11.3 Å². The van der Waals surface area contributed by atoms with E-state index >= 15 is 0 Å². The minimum atomic E-state index is -0.596. The molecule has 0 amide bonds. The van der Waals surface area contributed by atoms with Gasteiger partial charge in [-0.05, 0) is 52.3 Å². The highest BCUT2D eigenvalue weighted by Crippen LogP contribution is 2.28. The highest BCUT2D eigenvalue weighted by Gasteiger charge is 2.18. The normalized spacial score (nSPS) is 10.1. The first-order chi connectivity index (χ1) is 11.0. The second kappa shape index (κ2) is 7.61. The van der Waals surface area contributed by atoms with Crippen LogP contribution >= 0.6 is 31.9 Å². The van der Waals surface area contributed by atoms with Crippen LogP contribution in [0.5, 0.6) is 11.5 Å². The lowest BCUT2D eigenvalue weighted by Gasteiger charge is -2.10. The van der Waals surface area contributed by atoms with Gasteiger partial charge in [0.25, 0.3) is 0 Å². The number of benzene rings is 2. The van der Waals surface area contributed by atoms with Gasteiger partial charge in [0.2, 0.25) is 0 Å². The second-order valence-corrected chi connectivity index (χ2v) is 6.14. The first kappa shape index (κ1) is 17.5. The molecule has 0 spiro atoms. The van der Waals surface area contributed by atoms with Gasteiger partial charge in [0.15, 0.2) is 0 Å². The SMILES string of the molecule is COC(=O)c1cc(Br)ccc1OC(=O)c1ccc(OC)c(Br)c1. The molecule has 0 N–H and O–H groups in total. The maximum absolute atomic E-state index is 12.3. The van der Waals surface area contributed by atoms with Crippen LogP contribution in [0.1, 0.15) is 20.7 Å². The number of hydrogen-bond donors (Lipinski definition) is 0. The van der Waals surface area contributed by atoms with Gasteiger partial charge in [-0.3, -0.25) is 0 Å². The molecule has 0 unspecified atom stereocenters. The van der Waals surface area contributed by atoms with Crippen molar-refractivity contribution in [1.82, 2.24) is 0 Å². The molecule has 2 rings (SSSR count). The molecular weight excluding hydrogens is 432 g/mol. The lowest BCUT2D eigenvalue weighted by molar-refractivity contribution is 0.0593. The molecule has 0 atom stereocenters. The summed E-state index contributed by atoms with van der Waals surface area (Å²) in [5, 5.41) is 0. The van der Waals surface area contributed by atoms with Crippen LogP contribution in [0, 0.1) is 0 Å². The Bertz CT molecular complexity index is 758. The number of rotatable bonds is 4. The molecule has 7 heteroatoms. The van der Waals surface area contributed by atoms with E-state index in [2.05, 4.69) is 31.9 Å². The predicted octanol–water partition coefficient (Wildman–Crippen LogP) is 4.23. The molecule has 0 saturated heterocycles. The summed E-state index contributed by atoms with van der Waals surface area (Å²) in [6, 6.07) is 9.51. The zero-order valence-electron chi connectivity index (χ0n) is 12.3. The van der Waals surface area contributed by atoms with Crippen molar-refractivity contribution < 1.29 is 23.8 Å². The van der Waals surface area contributed by atoms with Crippen molar-refractivity contribution in [3.63, 3.8) is 0 Å². The summed E-state index contributed by atoms with van der Waals surface area (Å²) in [4.78, 5) is 24.1. The Morgan fingerprint density at radius 1 is 0.913 bits per heavy atom. The van der Waals surface area contributed by atoms with Gasteiger partial charge in [-0.2, -0.15) is 0 Å². The first-order valence-corrected chi connectivity index (χ1v) is 7.98. The summed E-state index contributed by atoms with van der Waals surface area (Å²) < 4.78 is 16.4. The Labute approximate surface area is 149 Å². The number of carbonyl (C=O) groups excluding carboxylic acids is 2. The summed E-state index contributed by atoms with van der Waals surface area (Å²) in [5.41, 5.74) is 0.471. The average Bonchev–Trinajstić information content (AvgIpc) is 2.55. The molecule has 0 fully saturated rings. The highest BCUT2D eigenvalue weighted by atomic mass is 79.9. The Kier molecular flexibility index (Phi) is 5.79. The van der Waals surface area contributed by atoms with E-state index in [1.807, 2.05) is 0 Å². The predicted molar refractivity (Wildman–Crippen MR) is 91.1 cm³/mol. The minimum Gasteiger partial charge on any atom is -0.496 e. The molecule has 2 aromatic rings. The van der Waals surface area contributed by atoms with Crippen LogP contribution in [0.2, 0.25) is 0 Å². The maximum atomic E-state index is 12.3. The van der Waals surface area contributed by atoms with Gasteiger partial charge in [-0.1, -0.05) is 15.9 Å². The number of halogens is 2. The lowest BCUT2D eigenvalue weighted by Crippen LogP contribution is -2.12. The van der Waals surface area contributed by atoms with E-state index in [4.69, 9.17) is 14.2 Å². The first-order valence-electron chi connectivity index (χ1n) is 6.40. The van der Waals surface area contributed by atoms with Crippen LogP contribution in [0.4, 0.5) is 0 Å². The number of carbonyl (C=O) groups is 2. The molecule has 0 aromatic heterocycles. The molecule has 120 valence electrons. The molecule has 0 radical (unpaired) electrons. The molecule has 2 aromatic carbocycles. The second-order valence-electron chi connectivity index (χ2n) is 4.37. The van der Waals surface area contributed by atoms with Crippen LogP contribution in [0.15, 0.2) is 45.3 Å². The fourth-order valence-electron chi connectivity index (χ4n) is 1.81. The molecule has 5 nitrogen and oxygen atoms in total. The van der Waals surface area contributed by atoms with Gasteiger partial charge in [0, 0.05) is 4.47 Å². The van der Waals surface area contributed by atoms with Gasteiger partial charge in [-0.25, -0.2) is 9.59 Å². The quantitative estimate of drug-likeness (QED) is 0.522. The smallest absolute Gasteiger partial charge is 0.343 e. The summed E-state index contributed by atoms with van der Waals surface area (Å²) in [7, 11) is 2.79. The molecular formula is C16H12Br2O5. The average molecular weight is 444 g/mol. The van der Waals surface area contributed by atoms with Crippen molar-refractivity contribution in [2.24, 2.45) is 0 Å². The summed E-state index contributed by atoms with van der Waals surface area (Å²) >= 11 is 6.57. The van der Waals surface area contributed by atoms with Crippen molar-refractivity contribution in [1.29, 1.82) is 0 Å².